The van der Waals surface area contributed by atoms with Crippen molar-refractivity contribution in [1.82, 2.24) is 25.3 Å². The van der Waals surface area contributed by atoms with Gasteiger partial charge in [-0.3, -0.25) is 4.79 Å². The van der Waals surface area contributed by atoms with Crippen LogP contribution in [0.15, 0.2) is 0 Å². The average molecular weight is 325 g/mol. The normalized spacial score (nSPS) is 19.2. The molecule has 0 radical (unpaired) electrons. The third kappa shape index (κ3) is 2.60. The standard InChI is InChI=1S/C18H23N5O/c1-10-11-6-4-5-7-12(11)21-15(20-10)16-22-13-8-18(2,3)9-19-17(24)14(13)23-16/h4-9H2,1-3H3,(H,19,24)(H,22,23). The van der Waals surface area contributed by atoms with E-state index in [4.69, 9.17) is 4.98 Å². The van der Waals surface area contributed by atoms with Gasteiger partial charge in [0.05, 0.1) is 0 Å². The number of H-pyrrole nitrogens is 1. The second-order valence-corrected chi connectivity index (χ2v) is 7.70. The lowest BCUT2D eigenvalue weighted by atomic mass is 9.88. The minimum atomic E-state index is -0.118. The fourth-order valence-electron chi connectivity index (χ4n) is 3.66. The third-order valence-corrected chi connectivity index (χ3v) is 4.98. The van der Waals surface area contributed by atoms with Crippen LogP contribution in [0.5, 0.6) is 0 Å². The molecule has 1 aliphatic heterocycles. The van der Waals surface area contributed by atoms with Gasteiger partial charge in [0.1, 0.15) is 5.69 Å². The zero-order valence-electron chi connectivity index (χ0n) is 14.5. The number of carbonyl (C=O) groups is 1. The van der Waals surface area contributed by atoms with Crippen molar-refractivity contribution in [3.05, 3.63) is 28.3 Å². The summed E-state index contributed by atoms with van der Waals surface area (Å²) in [7, 11) is 0. The maximum atomic E-state index is 12.3. The lowest BCUT2D eigenvalue weighted by molar-refractivity contribution is 0.0940. The molecular formula is C18H23N5O. The molecule has 0 saturated carbocycles. The Bertz CT molecular complexity index is 821. The Morgan fingerprint density at radius 1 is 1.08 bits per heavy atom. The number of aryl methyl sites for hydroxylation is 2. The number of nitrogens with zero attached hydrogens (tertiary/aromatic N) is 3. The molecule has 126 valence electrons. The molecule has 1 amide bonds. The molecule has 0 saturated heterocycles. The van der Waals surface area contributed by atoms with Crippen LogP contribution in [0.3, 0.4) is 0 Å². The first-order valence-corrected chi connectivity index (χ1v) is 8.67. The molecule has 24 heavy (non-hydrogen) atoms. The Morgan fingerprint density at radius 3 is 2.71 bits per heavy atom. The summed E-state index contributed by atoms with van der Waals surface area (Å²) < 4.78 is 0. The number of hydrogen-bond donors (Lipinski definition) is 2. The maximum absolute atomic E-state index is 12.3. The number of hydrogen-bond acceptors (Lipinski definition) is 4. The third-order valence-electron chi connectivity index (χ3n) is 4.98. The summed E-state index contributed by atoms with van der Waals surface area (Å²) in [4.78, 5) is 29.5. The van der Waals surface area contributed by atoms with Gasteiger partial charge in [0.25, 0.3) is 5.91 Å². The first-order valence-electron chi connectivity index (χ1n) is 8.67. The predicted molar refractivity (Wildman–Crippen MR) is 90.8 cm³/mol. The summed E-state index contributed by atoms with van der Waals surface area (Å²) in [5.41, 5.74) is 4.82. The van der Waals surface area contributed by atoms with E-state index < -0.39 is 0 Å². The van der Waals surface area contributed by atoms with Crippen LogP contribution in [0.4, 0.5) is 0 Å². The van der Waals surface area contributed by atoms with Crippen LogP contribution in [0.25, 0.3) is 11.6 Å². The summed E-state index contributed by atoms with van der Waals surface area (Å²) >= 11 is 0. The largest absolute Gasteiger partial charge is 0.350 e. The van der Waals surface area contributed by atoms with Crippen LogP contribution in [0.2, 0.25) is 0 Å². The van der Waals surface area contributed by atoms with Crippen molar-refractivity contribution in [3.8, 4) is 11.6 Å². The summed E-state index contributed by atoms with van der Waals surface area (Å²) in [6.07, 6.45) is 5.22. The van der Waals surface area contributed by atoms with E-state index in [-0.39, 0.29) is 11.3 Å². The minimum absolute atomic E-state index is 0.00264. The first-order chi connectivity index (χ1) is 11.4. The maximum Gasteiger partial charge on any atom is 0.271 e. The molecule has 0 fully saturated rings. The van der Waals surface area contributed by atoms with Crippen LogP contribution in [-0.4, -0.2) is 32.4 Å². The highest BCUT2D eigenvalue weighted by Gasteiger charge is 2.30. The van der Waals surface area contributed by atoms with Crippen molar-refractivity contribution in [2.45, 2.75) is 52.9 Å². The Morgan fingerprint density at radius 2 is 1.88 bits per heavy atom. The van der Waals surface area contributed by atoms with Crippen LogP contribution in [-0.2, 0) is 19.3 Å². The van der Waals surface area contributed by atoms with Gasteiger partial charge in [0.15, 0.2) is 11.6 Å². The highest BCUT2D eigenvalue weighted by atomic mass is 16.1. The van der Waals surface area contributed by atoms with Gasteiger partial charge in [-0.1, -0.05) is 13.8 Å². The van der Waals surface area contributed by atoms with Gasteiger partial charge in [-0.25, -0.2) is 15.0 Å². The fraction of sp³-hybridized carbons (Fsp3) is 0.556. The van der Waals surface area contributed by atoms with Gasteiger partial charge in [-0.15, -0.1) is 0 Å². The predicted octanol–water partition coefficient (Wildman–Crippen LogP) is 2.37. The van der Waals surface area contributed by atoms with Crippen molar-refractivity contribution < 1.29 is 4.79 Å². The van der Waals surface area contributed by atoms with E-state index in [0.717, 1.165) is 36.3 Å². The lowest BCUT2D eigenvalue weighted by Gasteiger charge is -2.21. The van der Waals surface area contributed by atoms with Gasteiger partial charge < -0.3 is 10.3 Å². The van der Waals surface area contributed by atoms with Crippen LogP contribution >= 0.6 is 0 Å². The number of carbonyl (C=O) groups excluding carboxylic acids is 1. The molecule has 0 atom stereocenters. The van der Waals surface area contributed by atoms with Crippen molar-refractivity contribution in [3.63, 3.8) is 0 Å². The molecule has 2 N–H and O–H groups in total. The van der Waals surface area contributed by atoms with Gasteiger partial charge >= 0.3 is 0 Å². The monoisotopic (exact) mass is 325 g/mol. The molecule has 6 heteroatoms. The van der Waals surface area contributed by atoms with E-state index in [1.54, 1.807) is 0 Å². The summed E-state index contributed by atoms with van der Waals surface area (Å²) in [5.74, 6) is 1.09. The van der Waals surface area contributed by atoms with Gasteiger partial charge in [0.2, 0.25) is 0 Å². The number of aromatic amines is 1. The number of aromatic nitrogens is 4. The summed E-state index contributed by atoms with van der Waals surface area (Å²) in [6.45, 7) is 6.98. The Labute approximate surface area is 141 Å². The smallest absolute Gasteiger partial charge is 0.271 e. The van der Waals surface area contributed by atoms with E-state index >= 15 is 0 Å². The summed E-state index contributed by atoms with van der Waals surface area (Å²) in [6, 6.07) is 0. The number of nitrogens with one attached hydrogen (secondary N) is 2. The van der Waals surface area contributed by atoms with Gasteiger partial charge in [-0.05, 0) is 50.0 Å². The second kappa shape index (κ2) is 5.40. The second-order valence-electron chi connectivity index (χ2n) is 7.70. The molecule has 2 aromatic rings. The molecule has 0 spiro atoms. The highest BCUT2D eigenvalue weighted by Crippen LogP contribution is 2.28. The zero-order chi connectivity index (χ0) is 16.9. The van der Waals surface area contributed by atoms with Crippen LogP contribution in [0, 0.1) is 12.3 Å². The Balaban J connectivity index is 1.78. The van der Waals surface area contributed by atoms with E-state index in [0.29, 0.717) is 23.9 Å². The molecule has 4 rings (SSSR count). The zero-order valence-corrected chi connectivity index (χ0v) is 14.5. The molecule has 6 nitrogen and oxygen atoms in total. The molecule has 3 heterocycles. The lowest BCUT2D eigenvalue weighted by Crippen LogP contribution is -2.32. The molecule has 0 aromatic carbocycles. The minimum Gasteiger partial charge on any atom is -0.350 e. The van der Waals surface area contributed by atoms with Crippen LogP contribution in [0.1, 0.15) is 59.8 Å². The van der Waals surface area contributed by atoms with Crippen molar-refractivity contribution in [2.75, 3.05) is 6.54 Å². The molecule has 0 bridgehead atoms. The van der Waals surface area contributed by atoms with E-state index in [1.807, 2.05) is 6.92 Å². The van der Waals surface area contributed by atoms with E-state index in [2.05, 4.69) is 34.1 Å². The quantitative estimate of drug-likeness (QED) is 0.843. The van der Waals surface area contributed by atoms with Crippen LogP contribution < -0.4 is 5.32 Å². The molecule has 2 aromatic heterocycles. The van der Waals surface area contributed by atoms with Gasteiger partial charge in [-0.2, -0.15) is 0 Å². The number of imidazole rings is 1. The topological polar surface area (TPSA) is 83.6 Å². The molecular weight excluding hydrogens is 302 g/mol. The summed E-state index contributed by atoms with van der Waals surface area (Å²) in [5, 5.41) is 2.95. The fourth-order valence-corrected chi connectivity index (χ4v) is 3.66. The Kier molecular flexibility index (Phi) is 3.44. The molecule has 1 aliphatic carbocycles. The number of rotatable bonds is 1. The van der Waals surface area contributed by atoms with Crippen molar-refractivity contribution >= 4 is 5.91 Å². The molecule has 2 aliphatic rings. The highest BCUT2D eigenvalue weighted by molar-refractivity contribution is 5.94. The SMILES string of the molecule is Cc1nc(-c2nc3c([nH]2)CC(C)(C)CNC3=O)nc2c1CCCC2. The first kappa shape index (κ1) is 15.3. The average Bonchev–Trinajstić information content (AvgIpc) is 2.91. The van der Waals surface area contributed by atoms with Crippen molar-refractivity contribution in [1.29, 1.82) is 0 Å². The van der Waals surface area contributed by atoms with Crippen molar-refractivity contribution in [2.24, 2.45) is 5.41 Å². The van der Waals surface area contributed by atoms with E-state index in [9.17, 15) is 4.79 Å². The van der Waals surface area contributed by atoms with Gasteiger partial charge in [0, 0.05) is 23.6 Å². The molecule has 0 unspecified atom stereocenters. The number of amides is 1. The Hall–Kier alpha value is -2.24. The number of fused-ring (bicyclic) bond motifs is 2. The van der Waals surface area contributed by atoms with E-state index in [1.165, 1.54) is 18.4 Å².